The monoisotopic (exact) mass is 276 g/mol. The second-order valence-corrected chi connectivity index (χ2v) is 5.67. The van der Waals surface area contributed by atoms with Crippen LogP contribution < -0.4 is 5.32 Å². The second-order valence-electron chi connectivity index (χ2n) is 3.82. The van der Waals surface area contributed by atoms with Crippen LogP contribution in [0.5, 0.6) is 0 Å². The highest BCUT2D eigenvalue weighted by molar-refractivity contribution is 8.06. The number of hydrogen-bond acceptors (Lipinski definition) is 4. The van der Waals surface area contributed by atoms with Gasteiger partial charge in [-0.05, 0) is 23.8 Å². The van der Waals surface area contributed by atoms with Gasteiger partial charge >= 0.3 is 5.24 Å². The Bertz CT molecular complexity index is 655. The molecule has 0 radical (unpaired) electrons. The standard InChI is InChI=1S/C13H12N2O3S/c16-13(15-10-11-5-4-8-14-9-11)19(17,18)12-6-2-1-3-7-12/h1-9H,10H2,(H,15,16). The van der Waals surface area contributed by atoms with E-state index in [1.54, 1.807) is 42.7 Å². The molecule has 19 heavy (non-hydrogen) atoms. The predicted molar refractivity (Wildman–Crippen MR) is 70.1 cm³/mol. The Morgan fingerprint density at radius 1 is 1.11 bits per heavy atom. The molecule has 2 rings (SSSR count). The molecule has 1 N–H and O–H groups in total. The number of aromatic nitrogens is 1. The Labute approximate surface area is 111 Å². The van der Waals surface area contributed by atoms with E-state index in [0.29, 0.717) is 0 Å². The first-order chi connectivity index (χ1) is 9.10. The maximum atomic E-state index is 11.9. The molecule has 0 fully saturated rings. The van der Waals surface area contributed by atoms with Crippen molar-refractivity contribution in [3.05, 3.63) is 60.4 Å². The van der Waals surface area contributed by atoms with Crippen LogP contribution in [0.3, 0.4) is 0 Å². The third kappa shape index (κ3) is 3.17. The minimum absolute atomic E-state index is 0.0151. The molecular weight excluding hydrogens is 264 g/mol. The van der Waals surface area contributed by atoms with Crippen molar-refractivity contribution < 1.29 is 13.2 Å². The predicted octanol–water partition coefficient (Wildman–Crippen LogP) is 1.77. The lowest BCUT2D eigenvalue weighted by atomic mass is 10.3. The summed E-state index contributed by atoms with van der Waals surface area (Å²) < 4.78 is 23.9. The number of nitrogens with zero attached hydrogens (tertiary/aromatic N) is 1. The molecule has 1 heterocycles. The van der Waals surface area contributed by atoms with E-state index < -0.39 is 15.1 Å². The Balaban J connectivity index is 2.08. The number of nitrogens with one attached hydrogen (secondary N) is 1. The number of sulfone groups is 1. The molecule has 0 bridgehead atoms. The molecule has 0 aliphatic heterocycles. The number of amides is 1. The minimum Gasteiger partial charge on any atom is -0.338 e. The van der Waals surface area contributed by atoms with Crippen molar-refractivity contribution in [3.63, 3.8) is 0 Å². The zero-order chi connectivity index (χ0) is 13.7. The fourth-order valence-corrected chi connectivity index (χ4v) is 2.47. The average Bonchev–Trinajstić information content (AvgIpc) is 2.46. The highest BCUT2D eigenvalue weighted by Crippen LogP contribution is 2.11. The van der Waals surface area contributed by atoms with Crippen LogP contribution in [-0.2, 0) is 16.4 Å². The van der Waals surface area contributed by atoms with E-state index in [-0.39, 0.29) is 11.4 Å². The molecule has 0 spiro atoms. The molecular formula is C13H12N2O3S. The fraction of sp³-hybridized carbons (Fsp3) is 0.0769. The number of carbonyl (C=O) groups excluding carboxylic acids is 1. The molecule has 1 amide bonds. The first-order valence-electron chi connectivity index (χ1n) is 5.57. The number of carbonyl (C=O) groups is 1. The zero-order valence-electron chi connectivity index (χ0n) is 9.98. The highest BCUT2D eigenvalue weighted by atomic mass is 32.2. The van der Waals surface area contributed by atoms with Gasteiger partial charge in [-0.2, -0.15) is 0 Å². The summed E-state index contributed by atoms with van der Waals surface area (Å²) in [7, 11) is -3.98. The van der Waals surface area contributed by atoms with Crippen LogP contribution >= 0.6 is 0 Å². The van der Waals surface area contributed by atoms with Gasteiger partial charge in [0.2, 0.25) is 0 Å². The molecule has 0 aliphatic carbocycles. The zero-order valence-corrected chi connectivity index (χ0v) is 10.8. The summed E-state index contributed by atoms with van der Waals surface area (Å²) in [5.41, 5.74) is 0.735. The number of hydrogen-bond donors (Lipinski definition) is 1. The van der Waals surface area contributed by atoms with Crippen molar-refractivity contribution in [2.45, 2.75) is 11.4 Å². The molecule has 0 atom stereocenters. The van der Waals surface area contributed by atoms with E-state index in [9.17, 15) is 13.2 Å². The van der Waals surface area contributed by atoms with E-state index in [1.807, 2.05) is 0 Å². The van der Waals surface area contributed by atoms with Gasteiger partial charge in [0.05, 0.1) is 4.90 Å². The van der Waals surface area contributed by atoms with Gasteiger partial charge < -0.3 is 5.32 Å². The maximum Gasteiger partial charge on any atom is 0.341 e. The van der Waals surface area contributed by atoms with Crippen LogP contribution in [0.25, 0.3) is 0 Å². The van der Waals surface area contributed by atoms with E-state index >= 15 is 0 Å². The summed E-state index contributed by atoms with van der Waals surface area (Å²) >= 11 is 0. The summed E-state index contributed by atoms with van der Waals surface area (Å²) in [5.74, 6) is 0. The van der Waals surface area contributed by atoms with Crippen LogP contribution in [0.2, 0.25) is 0 Å². The van der Waals surface area contributed by atoms with E-state index in [4.69, 9.17) is 0 Å². The largest absolute Gasteiger partial charge is 0.341 e. The molecule has 1 aromatic carbocycles. The molecule has 0 unspecified atom stereocenters. The van der Waals surface area contributed by atoms with Gasteiger partial charge in [0.15, 0.2) is 0 Å². The van der Waals surface area contributed by atoms with Crippen LogP contribution in [0.1, 0.15) is 5.56 Å². The van der Waals surface area contributed by atoms with Gasteiger partial charge in [-0.1, -0.05) is 24.3 Å². The second kappa shape index (κ2) is 5.62. The van der Waals surface area contributed by atoms with Crippen molar-refractivity contribution >= 4 is 15.1 Å². The SMILES string of the molecule is O=C(NCc1cccnc1)S(=O)(=O)c1ccccc1. The normalized spacial score (nSPS) is 10.9. The van der Waals surface area contributed by atoms with E-state index in [0.717, 1.165) is 5.56 Å². The molecule has 2 aromatic rings. The van der Waals surface area contributed by atoms with Crippen molar-refractivity contribution in [2.75, 3.05) is 0 Å². The Morgan fingerprint density at radius 2 is 1.84 bits per heavy atom. The summed E-state index contributed by atoms with van der Waals surface area (Å²) in [6.45, 7) is 0.124. The lowest BCUT2D eigenvalue weighted by Crippen LogP contribution is -2.29. The summed E-state index contributed by atoms with van der Waals surface area (Å²) in [5, 5.41) is 1.36. The Kier molecular flexibility index (Phi) is 3.91. The number of rotatable bonds is 3. The Hall–Kier alpha value is -2.21. The summed E-state index contributed by atoms with van der Waals surface area (Å²) in [6.07, 6.45) is 3.17. The molecule has 98 valence electrons. The van der Waals surface area contributed by atoms with Crippen LogP contribution in [0.15, 0.2) is 59.8 Å². The van der Waals surface area contributed by atoms with Gasteiger partial charge in [0, 0.05) is 18.9 Å². The van der Waals surface area contributed by atoms with Crippen molar-refractivity contribution in [1.82, 2.24) is 10.3 Å². The van der Waals surface area contributed by atoms with Crippen LogP contribution in [0, 0.1) is 0 Å². The smallest absolute Gasteiger partial charge is 0.338 e. The molecule has 0 saturated heterocycles. The van der Waals surface area contributed by atoms with E-state index in [1.165, 1.54) is 12.1 Å². The Morgan fingerprint density at radius 3 is 2.47 bits per heavy atom. The minimum atomic E-state index is -3.98. The van der Waals surface area contributed by atoms with E-state index in [2.05, 4.69) is 10.3 Å². The lowest BCUT2D eigenvalue weighted by molar-refractivity contribution is 0.258. The van der Waals surface area contributed by atoms with Gasteiger partial charge in [0.25, 0.3) is 9.84 Å². The third-order valence-electron chi connectivity index (χ3n) is 2.46. The maximum absolute atomic E-state index is 11.9. The number of pyridine rings is 1. The first kappa shape index (κ1) is 13.2. The molecule has 0 aliphatic rings. The van der Waals surface area contributed by atoms with Crippen molar-refractivity contribution in [3.8, 4) is 0 Å². The third-order valence-corrected chi connectivity index (χ3v) is 3.98. The van der Waals surface area contributed by atoms with Gasteiger partial charge in [-0.3, -0.25) is 9.78 Å². The lowest BCUT2D eigenvalue weighted by Gasteiger charge is -2.06. The summed E-state index contributed by atoms with van der Waals surface area (Å²) in [6, 6.07) is 11.1. The summed E-state index contributed by atoms with van der Waals surface area (Å²) in [4.78, 5) is 15.6. The van der Waals surface area contributed by atoms with Gasteiger partial charge in [-0.15, -0.1) is 0 Å². The number of benzene rings is 1. The molecule has 6 heteroatoms. The topological polar surface area (TPSA) is 76.1 Å². The molecule has 5 nitrogen and oxygen atoms in total. The van der Waals surface area contributed by atoms with Crippen molar-refractivity contribution in [2.24, 2.45) is 0 Å². The van der Waals surface area contributed by atoms with Gasteiger partial charge in [-0.25, -0.2) is 8.42 Å². The highest BCUT2D eigenvalue weighted by Gasteiger charge is 2.23. The van der Waals surface area contributed by atoms with Crippen LogP contribution in [0.4, 0.5) is 4.79 Å². The fourth-order valence-electron chi connectivity index (χ4n) is 1.48. The molecule has 0 saturated carbocycles. The van der Waals surface area contributed by atoms with Crippen molar-refractivity contribution in [1.29, 1.82) is 0 Å². The van der Waals surface area contributed by atoms with Gasteiger partial charge in [0.1, 0.15) is 0 Å². The average molecular weight is 276 g/mol. The quantitative estimate of drug-likeness (QED) is 0.926. The van der Waals surface area contributed by atoms with Crippen LogP contribution in [-0.4, -0.2) is 18.6 Å². The first-order valence-corrected chi connectivity index (χ1v) is 7.06. The molecule has 1 aromatic heterocycles.